The van der Waals surface area contributed by atoms with Gasteiger partial charge in [-0.25, -0.2) is 12.8 Å². The molecule has 2 fully saturated rings. The number of piperidine rings is 1. The molecule has 1 aromatic carbocycles. The maximum atomic E-state index is 13.2. The molecule has 2 heterocycles. The lowest BCUT2D eigenvalue weighted by molar-refractivity contribution is -0.126. The minimum atomic E-state index is -3.71. The van der Waals surface area contributed by atoms with E-state index in [-0.39, 0.29) is 40.9 Å². The van der Waals surface area contributed by atoms with Crippen LogP contribution in [-0.4, -0.2) is 53.7 Å². The first-order chi connectivity index (χ1) is 11.3. The van der Waals surface area contributed by atoms with Crippen LogP contribution in [0.25, 0.3) is 0 Å². The summed E-state index contributed by atoms with van der Waals surface area (Å²) in [7, 11) is -3.71. The summed E-state index contributed by atoms with van der Waals surface area (Å²) in [5.41, 5.74) is 0.360. The predicted molar refractivity (Wildman–Crippen MR) is 87.6 cm³/mol. The Hall–Kier alpha value is -1.45. The molecule has 0 aromatic heterocycles. The highest BCUT2D eigenvalue weighted by atomic mass is 32.2. The third-order valence-corrected chi connectivity index (χ3v) is 7.22. The number of thioether (sulfide) groups is 1. The number of imide groups is 1. The first-order valence-electron chi connectivity index (χ1n) is 7.56. The van der Waals surface area contributed by atoms with Crippen LogP contribution in [0.2, 0.25) is 0 Å². The number of carbonyl (C=O) groups is 2. The van der Waals surface area contributed by atoms with E-state index in [1.165, 1.54) is 21.3 Å². The van der Waals surface area contributed by atoms with E-state index in [0.717, 1.165) is 17.8 Å². The van der Waals surface area contributed by atoms with Crippen LogP contribution in [0.5, 0.6) is 0 Å². The van der Waals surface area contributed by atoms with E-state index in [1.807, 2.05) is 0 Å². The molecule has 2 aliphatic heterocycles. The lowest BCUT2D eigenvalue weighted by Crippen LogP contribution is -2.48. The fraction of sp³-hybridized carbons (Fsp3) is 0.467. The van der Waals surface area contributed by atoms with Crippen LogP contribution in [0.1, 0.15) is 18.4 Å². The normalized spacial score (nSPS) is 20.8. The van der Waals surface area contributed by atoms with Crippen molar-refractivity contribution in [1.29, 1.82) is 0 Å². The number of halogens is 1. The third kappa shape index (κ3) is 3.07. The average Bonchev–Trinajstić information content (AvgIpc) is 2.86. The quantitative estimate of drug-likeness (QED) is 0.811. The number of aryl methyl sites for hydroxylation is 1. The molecule has 0 unspecified atom stereocenters. The van der Waals surface area contributed by atoms with Gasteiger partial charge in [0.05, 0.1) is 10.6 Å². The fourth-order valence-corrected chi connectivity index (χ4v) is 5.55. The summed E-state index contributed by atoms with van der Waals surface area (Å²) in [6.45, 7) is 2.01. The van der Waals surface area contributed by atoms with Crippen LogP contribution >= 0.6 is 11.8 Å². The van der Waals surface area contributed by atoms with Crippen LogP contribution in [0.15, 0.2) is 23.1 Å². The largest absolute Gasteiger partial charge is 0.289 e. The highest BCUT2D eigenvalue weighted by Gasteiger charge is 2.39. The number of carbonyl (C=O) groups excluding carboxylic acids is 2. The zero-order valence-corrected chi connectivity index (χ0v) is 14.7. The van der Waals surface area contributed by atoms with E-state index in [0.29, 0.717) is 18.4 Å². The molecule has 6 nitrogen and oxygen atoms in total. The molecular formula is C15H17FN2O4S2. The summed E-state index contributed by atoms with van der Waals surface area (Å²) in [5.74, 6) is -0.527. The molecule has 130 valence electrons. The fourth-order valence-electron chi connectivity index (χ4n) is 3.10. The second kappa shape index (κ2) is 6.45. The van der Waals surface area contributed by atoms with Crippen molar-refractivity contribution in [3.05, 3.63) is 29.6 Å². The SMILES string of the molecule is Cc1cc(F)ccc1S(=O)(=O)N1CCC(N2C(=O)CSC2=O)CC1. The minimum Gasteiger partial charge on any atom is -0.273 e. The Morgan fingerprint density at radius 3 is 2.42 bits per heavy atom. The number of amides is 2. The summed E-state index contributed by atoms with van der Waals surface area (Å²) in [4.78, 5) is 24.9. The maximum Gasteiger partial charge on any atom is 0.289 e. The molecule has 24 heavy (non-hydrogen) atoms. The Kier molecular flexibility index (Phi) is 4.67. The van der Waals surface area contributed by atoms with E-state index in [9.17, 15) is 22.4 Å². The number of rotatable bonds is 3. The predicted octanol–water partition coefficient (Wildman–Crippen LogP) is 1.98. The van der Waals surface area contributed by atoms with Gasteiger partial charge in [-0.05, 0) is 43.5 Å². The van der Waals surface area contributed by atoms with Crippen molar-refractivity contribution in [1.82, 2.24) is 9.21 Å². The van der Waals surface area contributed by atoms with Crippen molar-refractivity contribution < 1.29 is 22.4 Å². The van der Waals surface area contributed by atoms with Gasteiger partial charge in [-0.2, -0.15) is 4.31 Å². The molecule has 2 amide bonds. The van der Waals surface area contributed by atoms with Crippen molar-refractivity contribution in [2.24, 2.45) is 0 Å². The molecule has 2 aliphatic rings. The summed E-state index contributed by atoms with van der Waals surface area (Å²) < 4.78 is 40.0. The van der Waals surface area contributed by atoms with Crippen molar-refractivity contribution >= 4 is 32.9 Å². The van der Waals surface area contributed by atoms with Gasteiger partial charge < -0.3 is 0 Å². The summed E-state index contributed by atoms with van der Waals surface area (Å²) in [5, 5.41) is -0.254. The van der Waals surface area contributed by atoms with E-state index < -0.39 is 15.8 Å². The average molecular weight is 372 g/mol. The van der Waals surface area contributed by atoms with Gasteiger partial charge in [0.2, 0.25) is 15.9 Å². The van der Waals surface area contributed by atoms with Gasteiger partial charge in [-0.1, -0.05) is 11.8 Å². The second-order valence-corrected chi connectivity index (χ2v) is 8.70. The molecule has 0 bridgehead atoms. The zero-order valence-electron chi connectivity index (χ0n) is 13.1. The van der Waals surface area contributed by atoms with Crippen LogP contribution in [-0.2, 0) is 14.8 Å². The van der Waals surface area contributed by atoms with Crippen molar-refractivity contribution in [2.45, 2.75) is 30.7 Å². The van der Waals surface area contributed by atoms with E-state index in [2.05, 4.69) is 0 Å². The Labute approximate surface area is 144 Å². The number of sulfonamides is 1. The smallest absolute Gasteiger partial charge is 0.273 e. The number of hydrogen-bond acceptors (Lipinski definition) is 5. The van der Waals surface area contributed by atoms with Crippen molar-refractivity contribution in [2.75, 3.05) is 18.8 Å². The summed E-state index contributed by atoms with van der Waals surface area (Å²) >= 11 is 0.984. The van der Waals surface area contributed by atoms with Gasteiger partial charge >= 0.3 is 0 Å². The van der Waals surface area contributed by atoms with Crippen LogP contribution < -0.4 is 0 Å². The molecule has 0 N–H and O–H groups in total. The standard InChI is InChI=1S/C15H17FN2O4S2/c1-10-8-11(16)2-3-13(10)24(21,22)17-6-4-12(5-7-17)18-14(19)9-23-15(18)20/h2-3,8,12H,4-7,9H2,1H3. The van der Waals surface area contributed by atoms with Gasteiger partial charge in [0.25, 0.3) is 5.24 Å². The lowest BCUT2D eigenvalue weighted by Gasteiger charge is -2.34. The molecular weight excluding hydrogens is 355 g/mol. The Bertz CT molecular complexity index is 773. The van der Waals surface area contributed by atoms with Crippen molar-refractivity contribution in [3.8, 4) is 0 Å². The molecule has 3 rings (SSSR count). The zero-order chi connectivity index (χ0) is 17.5. The number of hydrogen-bond donors (Lipinski definition) is 0. The molecule has 1 aromatic rings. The van der Waals surface area contributed by atoms with E-state index in [1.54, 1.807) is 6.92 Å². The van der Waals surface area contributed by atoms with Crippen LogP contribution in [0.3, 0.4) is 0 Å². The van der Waals surface area contributed by atoms with Gasteiger partial charge in [-0.3, -0.25) is 14.5 Å². The van der Waals surface area contributed by atoms with Crippen LogP contribution in [0.4, 0.5) is 9.18 Å². The first kappa shape index (κ1) is 17.4. The molecule has 0 aliphatic carbocycles. The molecule has 0 spiro atoms. The van der Waals surface area contributed by atoms with Crippen molar-refractivity contribution in [3.63, 3.8) is 0 Å². The number of benzene rings is 1. The lowest BCUT2D eigenvalue weighted by atomic mass is 10.1. The van der Waals surface area contributed by atoms with Gasteiger partial charge in [0.1, 0.15) is 5.82 Å². The molecule has 0 saturated carbocycles. The molecule has 9 heteroatoms. The monoisotopic (exact) mass is 372 g/mol. The van der Waals surface area contributed by atoms with E-state index in [4.69, 9.17) is 0 Å². The first-order valence-corrected chi connectivity index (χ1v) is 9.98. The second-order valence-electron chi connectivity index (χ2n) is 5.86. The van der Waals surface area contributed by atoms with Gasteiger partial charge in [0.15, 0.2) is 0 Å². The third-order valence-electron chi connectivity index (χ3n) is 4.33. The summed E-state index contributed by atoms with van der Waals surface area (Å²) in [6, 6.07) is 3.35. The Balaban J connectivity index is 1.74. The van der Waals surface area contributed by atoms with Gasteiger partial charge in [0, 0.05) is 19.1 Å². The highest BCUT2D eigenvalue weighted by Crippen LogP contribution is 2.29. The Morgan fingerprint density at radius 2 is 1.88 bits per heavy atom. The highest BCUT2D eigenvalue weighted by molar-refractivity contribution is 8.14. The minimum absolute atomic E-state index is 0.0891. The Morgan fingerprint density at radius 1 is 1.21 bits per heavy atom. The van der Waals surface area contributed by atoms with Gasteiger partial charge in [-0.15, -0.1) is 0 Å². The topological polar surface area (TPSA) is 74.8 Å². The molecule has 0 atom stereocenters. The molecule has 2 saturated heterocycles. The number of nitrogens with zero attached hydrogens (tertiary/aromatic N) is 2. The molecule has 0 radical (unpaired) electrons. The van der Waals surface area contributed by atoms with E-state index >= 15 is 0 Å². The summed E-state index contributed by atoms with van der Waals surface area (Å²) in [6.07, 6.45) is 0.828. The maximum absolute atomic E-state index is 13.2. The van der Waals surface area contributed by atoms with Crippen LogP contribution in [0, 0.1) is 12.7 Å².